The average molecular weight is 256 g/mol. The van der Waals surface area contributed by atoms with Gasteiger partial charge in [-0.05, 0) is 46.3 Å². The van der Waals surface area contributed by atoms with Crippen molar-refractivity contribution >= 4 is 11.1 Å². The second kappa shape index (κ2) is 4.64. The monoisotopic (exact) mass is 256 g/mol. The van der Waals surface area contributed by atoms with Crippen molar-refractivity contribution in [2.24, 2.45) is 0 Å². The molecule has 0 spiro atoms. The van der Waals surface area contributed by atoms with Gasteiger partial charge >= 0.3 is 0 Å². The molecule has 0 bridgehead atoms. The highest BCUT2D eigenvalue weighted by molar-refractivity contribution is 6.06. The topological polar surface area (TPSA) is 0 Å². The average Bonchev–Trinajstić information content (AvgIpc) is 2.72. The van der Waals surface area contributed by atoms with Gasteiger partial charge in [-0.25, -0.2) is 0 Å². The highest BCUT2D eigenvalue weighted by Gasteiger charge is 2.26. The zero-order valence-electron chi connectivity index (χ0n) is 11.3. The molecule has 0 fully saturated rings. The Morgan fingerprint density at radius 1 is 0.800 bits per heavy atom. The van der Waals surface area contributed by atoms with Crippen molar-refractivity contribution in [2.45, 2.75) is 12.8 Å². The molecule has 0 aliphatic heterocycles. The van der Waals surface area contributed by atoms with E-state index in [0.29, 0.717) is 0 Å². The molecule has 0 radical (unpaired) electrons. The SMILES string of the molecule is C1=C\C=C2\CC/C=C\C=C3C2=C(\C=C/1)c1ccccc1/3. The summed E-state index contributed by atoms with van der Waals surface area (Å²) in [6.07, 6.45) is 19.9. The Bertz CT molecular complexity index is 746. The first-order chi connectivity index (χ1) is 9.95. The first-order valence-corrected chi connectivity index (χ1v) is 7.21. The molecule has 0 heteroatoms. The largest absolute Gasteiger partial charge is 0.0842 e. The summed E-state index contributed by atoms with van der Waals surface area (Å²) >= 11 is 0. The van der Waals surface area contributed by atoms with E-state index >= 15 is 0 Å². The molecule has 0 saturated carbocycles. The van der Waals surface area contributed by atoms with Gasteiger partial charge < -0.3 is 0 Å². The van der Waals surface area contributed by atoms with Gasteiger partial charge in [-0.3, -0.25) is 0 Å². The van der Waals surface area contributed by atoms with Crippen LogP contribution in [0.25, 0.3) is 11.1 Å². The maximum Gasteiger partial charge on any atom is -0.00667 e. The van der Waals surface area contributed by atoms with Crippen LogP contribution in [0.5, 0.6) is 0 Å². The second-order valence-corrected chi connectivity index (χ2v) is 5.32. The van der Waals surface area contributed by atoms with E-state index in [1.807, 2.05) is 0 Å². The van der Waals surface area contributed by atoms with Crippen LogP contribution >= 0.6 is 0 Å². The smallest absolute Gasteiger partial charge is 0.00667 e. The molecule has 0 unspecified atom stereocenters. The van der Waals surface area contributed by atoms with E-state index in [1.54, 1.807) is 0 Å². The Hall–Kier alpha value is -2.34. The molecule has 96 valence electrons. The van der Waals surface area contributed by atoms with Gasteiger partial charge in [0.25, 0.3) is 0 Å². The predicted octanol–water partition coefficient (Wildman–Crippen LogP) is 5.24. The molecule has 0 amide bonds. The van der Waals surface area contributed by atoms with E-state index in [9.17, 15) is 0 Å². The summed E-state index contributed by atoms with van der Waals surface area (Å²) in [7, 11) is 0. The third-order valence-electron chi connectivity index (χ3n) is 4.13. The van der Waals surface area contributed by atoms with Crippen molar-refractivity contribution in [3.05, 3.63) is 95.1 Å². The molecule has 3 aliphatic carbocycles. The summed E-state index contributed by atoms with van der Waals surface area (Å²) in [5, 5.41) is 0. The Kier molecular flexibility index (Phi) is 2.67. The van der Waals surface area contributed by atoms with Gasteiger partial charge in [0.2, 0.25) is 0 Å². The Balaban J connectivity index is 2.06. The standard InChI is InChI=1S/C20H16/c1-3-9-15-10-4-2-6-14-19-17-12-8-7-11-16(17)18(13-5-1)20(15)19/h1-3,5-9,11-14H,4,10H2/b3-1-,5-1?,6-2-,9-3?,13-5-,15-9-,18-13?,19-14-,20-15?. The minimum Gasteiger partial charge on any atom is -0.0842 e. The van der Waals surface area contributed by atoms with Gasteiger partial charge in [0.05, 0.1) is 0 Å². The lowest BCUT2D eigenvalue weighted by molar-refractivity contribution is 0.995. The lowest BCUT2D eigenvalue weighted by Gasteiger charge is -2.14. The van der Waals surface area contributed by atoms with E-state index < -0.39 is 0 Å². The number of rotatable bonds is 0. The van der Waals surface area contributed by atoms with Crippen molar-refractivity contribution in [3.63, 3.8) is 0 Å². The predicted molar refractivity (Wildman–Crippen MR) is 86.1 cm³/mol. The van der Waals surface area contributed by atoms with Gasteiger partial charge in [-0.15, -0.1) is 0 Å². The van der Waals surface area contributed by atoms with E-state index in [2.05, 4.69) is 72.9 Å². The van der Waals surface area contributed by atoms with Gasteiger partial charge in [-0.2, -0.15) is 0 Å². The molecule has 1 aromatic rings. The van der Waals surface area contributed by atoms with E-state index in [4.69, 9.17) is 0 Å². The summed E-state index contributed by atoms with van der Waals surface area (Å²) in [4.78, 5) is 0. The molecule has 0 nitrogen and oxygen atoms in total. The van der Waals surface area contributed by atoms with Crippen molar-refractivity contribution in [1.82, 2.24) is 0 Å². The molecule has 1 aromatic carbocycles. The summed E-state index contributed by atoms with van der Waals surface area (Å²) in [6, 6.07) is 8.74. The normalized spacial score (nSPS) is 29.4. The molecular weight excluding hydrogens is 240 g/mol. The molecule has 0 heterocycles. The van der Waals surface area contributed by atoms with Crippen LogP contribution in [-0.4, -0.2) is 0 Å². The quantitative estimate of drug-likeness (QED) is 0.595. The highest BCUT2D eigenvalue weighted by atomic mass is 14.3. The molecule has 0 aromatic heterocycles. The first kappa shape index (κ1) is 11.5. The fourth-order valence-electron chi connectivity index (χ4n) is 3.24. The minimum absolute atomic E-state index is 1.11. The fourth-order valence-corrected chi connectivity index (χ4v) is 3.24. The molecule has 20 heavy (non-hydrogen) atoms. The second-order valence-electron chi connectivity index (χ2n) is 5.32. The maximum absolute atomic E-state index is 2.28. The molecule has 0 N–H and O–H groups in total. The minimum atomic E-state index is 1.11. The highest BCUT2D eigenvalue weighted by Crippen LogP contribution is 2.47. The molecule has 4 rings (SSSR count). The Morgan fingerprint density at radius 3 is 2.65 bits per heavy atom. The van der Waals surface area contributed by atoms with E-state index in [1.165, 1.54) is 33.4 Å². The van der Waals surface area contributed by atoms with Crippen LogP contribution in [0.3, 0.4) is 0 Å². The van der Waals surface area contributed by atoms with Crippen molar-refractivity contribution in [3.8, 4) is 0 Å². The third kappa shape index (κ3) is 1.69. The number of allylic oxidation sites excluding steroid dienone is 12. The zero-order chi connectivity index (χ0) is 13.4. The molecule has 0 atom stereocenters. The van der Waals surface area contributed by atoms with Crippen LogP contribution in [-0.2, 0) is 0 Å². The molecular formula is C20H16. The van der Waals surface area contributed by atoms with Crippen molar-refractivity contribution in [1.29, 1.82) is 0 Å². The summed E-state index contributed by atoms with van der Waals surface area (Å²) < 4.78 is 0. The van der Waals surface area contributed by atoms with E-state index in [-0.39, 0.29) is 0 Å². The van der Waals surface area contributed by atoms with Crippen molar-refractivity contribution < 1.29 is 0 Å². The van der Waals surface area contributed by atoms with E-state index in [0.717, 1.165) is 12.8 Å². The van der Waals surface area contributed by atoms with Crippen LogP contribution in [0.4, 0.5) is 0 Å². The molecule has 0 saturated heterocycles. The van der Waals surface area contributed by atoms with Crippen LogP contribution in [0.1, 0.15) is 24.0 Å². The lowest BCUT2D eigenvalue weighted by Crippen LogP contribution is -1.94. The van der Waals surface area contributed by atoms with Gasteiger partial charge in [0, 0.05) is 0 Å². The number of benzene rings is 1. The number of fused-ring (bicyclic) bond motifs is 3. The summed E-state index contributed by atoms with van der Waals surface area (Å²) in [6.45, 7) is 0. The number of hydrogen-bond acceptors (Lipinski definition) is 0. The number of hydrogen-bond donors (Lipinski definition) is 0. The summed E-state index contributed by atoms with van der Waals surface area (Å²) in [5.74, 6) is 0. The first-order valence-electron chi connectivity index (χ1n) is 7.21. The summed E-state index contributed by atoms with van der Waals surface area (Å²) in [5.41, 5.74) is 8.35. The Morgan fingerprint density at radius 2 is 1.70 bits per heavy atom. The van der Waals surface area contributed by atoms with Crippen LogP contribution < -0.4 is 0 Å². The van der Waals surface area contributed by atoms with Crippen LogP contribution in [0.2, 0.25) is 0 Å². The Labute approximate surface area is 119 Å². The van der Waals surface area contributed by atoms with Gasteiger partial charge in [-0.1, -0.05) is 72.9 Å². The lowest BCUT2D eigenvalue weighted by atomic mass is 9.90. The van der Waals surface area contributed by atoms with Crippen LogP contribution in [0.15, 0.2) is 84.0 Å². The fraction of sp³-hybridized carbons (Fsp3) is 0.100. The third-order valence-corrected chi connectivity index (χ3v) is 4.13. The van der Waals surface area contributed by atoms with Crippen LogP contribution in [0, 0.1) is 0 Å². The van der Waals surface area contributed by atoms with Crippen molar-refractivity contribution in [2.75, 3.05) is 0 Å². The van der Waals surface area contributed by atoms with Gasteiger partial charge in [0.15, 0.2) is 0 Å². The van der Waals surface area contributed by atoms with Gasteiger partial charge in [0.1, 0.15) is 0 Å². The molecule has 3 aliphatic rings. The zero-order valence-corrected chi connectivity index (χ0v) is 11.3. The maximum atomic E-state index is 2.28.